The average molecular weight is 221 g/mol. The minimum atomic E-state index is -0.132. The van der Waals surface area contributed by atoms with E-state index in [-0.39, 0.29) is 6.10 Å². The summed E-state index contributed by atoms with van der Waals surface area (Å²) in [6.07, 6.45) is 1.56. The number of hydrogen-bond acceptors (Lipinski definition) is 3. The average Bonchev–Trinajstić information content (AvgIpc) is 2.30. The van der Waals surface area contributed by atoms with Crippen molar-refractivity contribution in [1.29, 1.82) is 0 Å². The highest BCUT2D eigenvalue weighted by molar-refractivity contribution is 5.60. The van der Waals surface area contributed by atoms with Gasteiger partial charge in [-0.25, -0.2) is 0 Å². The second kappa shape index (κ2) is 4.74. The molecule has 1 fully saturated rings. The predicted molar refractivity (Wildman–Crippen MR) is 65.2 cm³/mol. The molecule has 0 bridgehead atoms. The number of aliphatic hydroxyl groups is 1. The maximum absolute atomic E-state index is 9.50. The highest BCUT2D eigenvalue weighted by atomic mass is 16.5. The standard InChI is InChI=1S/C13H19NO2/c1-10-3-4-13(16-2)12(9-10)14-7-5-11(15)6-8-14/h3-4,9,11,15H,5-8H2,1-2H3. The Labute approximate surface area is 96.6 Å². The van der Waals surface area contributed by atoms with E-state index in [9.17, 15) is 5.11 Å². The monoisotopic (exact) mass is 221 g/mol. The number of piperidine rings is 1. The summed E-state index contributed by atoms with van der Waals surface area (Å²) in [4.78, 5) is 2.29. The minimum absolute atomic E-state index is 0.132. The fourth-order valence-corrected chi connectivity index (χ4v) is 2.15. The number of benzene rings is 1. The molecule has 0 aromatic heterocycles. The molecule has 1 aromatic rings. The number of ether oxygens (including phenoxy) is 1. The Morgan fingerprint density at radius 3 is 2.62 bits per heavy atom. The molecular formula is C13H19NO2. The van der Waals surface area contributed by atoms with Crippen LogP contribution >= 0.6 is 0 Å². The summed E-state index contributed by atoms with van der Waals surface area (Å²) in [5, 5.41) is 9.50. The van der Waals surface area contributed by atoms with Crippen LogP contribution in [0.15, 0.2) is 18.2 Å². The van der Waals surface area contributed by atoms with Crippen molar-refractivity contribution < 1.29 is 9.84 Å². The van der Waals surface area contributed by atoms with Crippen molar-refractivity contribution in [2.75, 3.05) is 25.1 Å². The van der Waals surface area contributed by atoms with Crippen LogP contribution in [0.2, 0.25) is 0 Å². The summed E-state index contributed by atoms with van der Waals surface area (Å²) in [5.41, 5.74) is 2.39. The first kappa shape index (κ1) is 11.3. The normalized spacial score (nSPS) is 17.6. The summed E-state index contributed by atoms with van der Waals surface area (Å²) in [5.74, 6) is 0.919. The van der Waals surface area contributed by atoms with Gasteiger partial charge in [0.15, 0.2) is 0 Å². The maximum Gasteiger partial charge on any atom is 0.142 e. The number of anilines is 1. The van der Waals surface area contributed by atoms with E-state index in [0.717, 1.165) is 37.4 Å². The van der Waals surface area contributed by atoms with Crippen molar-refractivity contribution in [1.82, 2.24) is 0 Å². The van der Waals surface area contributed by atoms with E-state index >= 15 is 0 Å². The van der Waals surface area contributed by atoms with E-state index in [4.69, 9.17) is 4.74 Å². The highest BCUT2D eigenvalue weighted by Gasteiger charge is 2.19. The molecule has 1 aliphatic rings. The summed E-state index contributed by atoms with van der Waals surface area (Å²) in [6.45, 7) is 3.89. The summed E-state index contributed by atoms with van der Waals surface area (Å²) >= 11 is 0. The van der Waals surface area contributed by atoms with Crippen LogP contribution in [0.5, 0.6) is 5.75 Å². The van der Waals surface area contributed by atoms with Crippen LogP contribution in [-0.2, 0) is 0 Å². The third-order valence-corrected chi connectivity index (χ3v) is 3.14. The van der Waals surface area contributed by atoms with Gasteiger partial charge >= 0.3 is 0 Å². The minimum Gasteiger partial charge on any atom is -0.495 e. The van der Waals surface area contributed by atoms with Crippen LogP contribution < -0.4 is 9.64 Å². The van der Waals surface area contributed by atoms with Crippen LogP contribution in [-0.4, -0.2) is 31.4 Å². The Hall–Kier alpha value is -1.22. The first-order valence-corrected chi connectivity index (χ1v) is 5.78. The van der Waals surface area contributed by atoms with Crippen LogP contribution in [0.3, 0.4) is 0 Å². The summed E-state index contributed by atoms with van der Waals surface area (Å²) in [6, 6.07) is 6.22. The lowest BCUT2D eigenvalue weighted by Crippen LogP contribution is -2.36. The van der Waals surface area contributed by atoms with Gasteiger partial charge in [-0.15, -0.1) is 0 Å². The molecule has 0 aliphatic carbocycles. The van der Waals surface area contributed by atoms with Gasteiger partial charge in [-0.3, -0.25) is 0 Å². The third-order valence-electron chi connectivity index (χ3n) is 3.14. The van der Waals surface area contributed by atoms with E-state index in [0.29, 0.717) is 0 Å². The topological polar surface area (TPSA) is 32.7 Å². The van der Waals surface area contributed by atoms with Crippen LogP contribution in [0.25, 0.3) is 0 Å². The van der Waals surface area contributed by atoms with E-state index in [1.54, 1.807) is 7.11 Å². The molecule has 1 N–H and O–H groups in total. The van der Waals surface area contributed by atoms with Gasteiger partial charge in [-0.05, 0) is 37.5 Å². The van der Waals surface area contributed by atoms with Gasteiger partial charge in [0.2, 0.25) is 0 Å². The van der Waals surface area contributed by atoms with Crippen LogP contribution in [0.4, 0.5) is 5.69 Å². The SMILES string of the molecule is COc1ccc(C)cc1N1CCC(O)CC1. The molecule has 3 heteroatoms. The predicted octanol–water partition coefficient (Wildman–Crippen LogP) is 1.96. The molecule has 0 amide bonds. The first-order chi connectivity index (χ1) is 7.70. The van der Waals surface area contributed by atoms with Gasteiger partial charge in [0.25, 0.3) is 0 Å². The molecule has 0 saturated carbocycles. The number of methoxy groups -OCH3 is 1. The molecule has 2 rings (SSSR count). The van der Waals surface area contributed by atoms with Crippen molar-refractivity contribution in [2.24, 2.45) is 0 Å². The molecule has 16 heavy (non-hydrogen) atoms. The van der Waals surface area contributed by atoms with Gasteiger partial charge in [-0.2, -0.15) is 0 Å². The van der Waals surface area contributed by atoms with Crippen molar-refractivity contribution >= 4 is 5.69 Å². The zero-order valence-corrected chi connectivity index (χ0v) is 9.94. The molecule has 0 spiro atoms. The molecule has 1 saturated heterocycles. The Bertz CT molecular complexity index is 357. The van der Waals surface area contributed by atoms with Crippen LogP contribution in [0.1, 0.15) is 18.4 Å². The van der Waals surface area contributed by atoms with E-state index in [2.05, 4.69) is 24.0 Å². The van der Waals surface area contributed by atoms with Crippen molar-refractivity contribution in [2.45, 2.75) is 25.9 Å². The second-order valence-electron chi connectivity index (χ2n) is 4.39. The zero-order chi connectivity index (χ0) is 11.5. The molecule has 0 atom stereocenters. The summed E-state index contributed by atoms with van der Waals surface area (Å²) < 4.78 is 5.38. The number of nitrogens with zero attached hydrogens (tertiary/aromatic N) is 1. The van der Waals surface area contributed by atoms with E-state index in [1.165, 1.54) is 5.56 Å². The molecule has 1 heterocycles. The van der Waals surface area contributed by atoms with Gasteiger partial charge in [0.1, 0.15) is 5.75 Å². The maximum atomic E-state index is 9.50. The van der Waals surface area contributed by atoms with Crippen molar-refractivity contribution in [3.63, 3.8) is 0 Å². The third kappa shape index (κ3) is 2.30. The highest BCUT2D eigenvalue weighted by Crippen LogP contribution is 2.31. The molecule has 0 radical (unpaired) electrons. The molecule has 3 nitrogen and oxygen atoms in total. The Balaban J connectivity index is 2.21. The van der Waals surface area contributed by atoms with Gasteiger partial charge in [0.05, 0.1) is 18.9 Å². The fourth-order valence-electron chi connectivity index (χ4n) is 2.15. The number of aliphatic hydroxyl groups excluding tert-OH is 1. The van der Waals surface area contributed by atoms with E-state index < -0.39 is 0 Å². The zero-order valence-electron chi connectivity index (χ0n) is 9.94. The van der Waals surface area contributed by atoms with Gasteiger partial charge in [0, 0.05) is 13.1 Å². The molecular weight excluding hydrogens is 202 g/mol. The number of hydrogen-bond donors (Lipinski definition) is 1. The van der Waals surface area contributed by atoms with Crippen molar-refractivity contribution in [3.8, 4) is 5.75 Å². The Morgan fingerprint density at radius 1 is 1.31 bits per heavy atom. The van der Waals surface area contributed by atoms with Crippen LogP contribution in [0, 0.1) is 6.92 Å². The molecule has 0 unspecified atom stereocenters. The van der Waals surface area contributed by atoms with Gasteiger partial charge < -0.3 is 14.7 Å². The first-order valence-electron chi connectivity index (χ1n) is 5.78. The fraction of sp³-hybridized carbons (Fsp3) is 0.538. The second-order valence-corrected chi connectivity index (χ2v) is 4.39. The lowest BCUT2D eigenvalue weighted by atomic mass is 10.1. The lowest BCUT2D eigenvalue weighted by Gasteiger charge is -2.32. The number of rotatable bonds is 2. The van der Waals surface area contributed by atoms with Crippen molar-refractivity contribution in [3.05, 3.63) is 23.8 Å². The summed E-state index contributed by atoms with van der Waals surface area (Å²) in [7, 11) is 1.70. The quantitative estimate of drug-likeness (QED) is 0.828. The molecule has 88 valence electrons. The molecule has 1 aliphatic heterocycles. The van der Waals surface area contributed by atoms with E-state index in [1.807, 2.05) is 6.07 Å². The smallest absolute Gasteiger partial charge is 0.142 e. The Kier molecular flexibility index (Phi) is 3.34. The molecule has 1 aromatic carbocycles. The Morgan fingerprint density at radius 2 is 2.00 bits per heavy atom. The number of aryl methyl sites for hydroxylation is 1. The van der Waals surface area contributed by atoms with Gasteiger partial charge in [-0.1, -0.05) is 6.07 Å². The lowest BCUT2D eigenvalue weighted by molar-refractivity contribution is 0.145. The largest absolute Gasteiger partial charge is 0.495 e.